The standard InChI is InChI=1S/C10H12IN/c1-7-3-4-10-9(5-7)8(2)6-12(10)11/h3-5,8H,6H2,1-2H3/t8-/m0/s1. The second-order valence-corrected chi connectivity index (χ2v) is 4.67. The van der Waals surface area contributed by atoms with E-state index >= 15 is 0 Å². The lowest BCUT2D eigenvalue weighted by atomic mass is 10.0. The molecule has 1 atom stereocenters. The second-order valence-electron chi connectivity index (χ2n) is 3.51. The summed E-state index contributed by atoms with van der Waals surface area (Å²) in [5, 5.41) is 0. The van der Waals surface area contributed by atoms with Crippen LogP contribution in [0.25, 0.3) is 0 Å². The normalized spacial score (nSPS) is 21.2. The van der Waals surface area contributed by atoms with Crippen LogP contribution >= 0.6 is 22.9 Å². The van der Waals surface area contributed by atoms with Crippen molar-refractivity contribution in [2.24, 2.45) is 0 Å². The molecule has 0 bridgehead atoms. The van der Waals surface area contributed by atoms with Crippen LogP contribution in [-0.2, 0) is 0 Å². The van der Waals surface area contributed by atoms with Crippen molar-refractivity contribution in [2.45, 2.75) is 19.8 Å². The molecular weight excluding hydrogens is 261 g/mol. The lowest BCUT2D eigenvalue weighted by molar-refractivity contribution is 0.839. The molecule has 0 spiro atoms. The molecule has 1 aromatic rings. The van der Waals surface area contributed by atoms with Crippen LogP contribution < -0.4 is 3.11 Å². The Labute approximate surface area is 87.3 Å². The van der Waals surface area contributed by atoms with Crippen molar-refractivity contribution in [2.75, 3.05) is 9.66 Å². The van der Waals surface area contributed by atoms with E-state index in [-0.39, 0.29) is 0 Å². The monoisotopic (exact) mass is 273 g/mol. The fraction of sp³-hybridized carbons (Fsp3) is 0.400. The number of rotatable bonds is 0. The van der Waals surface area contributed by atoms with E-state index in [1.807, 2.05) is 0 Å². The minimum Gasteiger partial charge on any atom is -0.314 e. The highest BCUT2D eigenvalue weighted by atomic mass is 127. The van der Waals surface area contributed by atoms with E-state index in [1.54, 1.807) is 0 Å². The Hall–Kier alpha value is -0.250. The quantitative estimate of drug-likeness (QED) is 0.518. The zero-order valence-electron chi connectivity index (χ0n) is 7.34. The van der Waals surface area contributed by atoms with Crippen molar-refractivity contribution in [1.29, 1.82) is 0 Å². The van der Waals surface area contributed by atoms with Gasteiger partial charge in [0.05, 0.1) is 22.9 Å². The number of fused-ring (bicyclic) bond motifs is 1. The van der Waals surface area contributed by atoms with Gasteiger partial charge in [0.15, 0.2) is 0 Å². The molecule has 12 heavy (non-hydrogen) atoms. The van der Waals surface area contributed by atoms with Gasteiger partial charge in [-0.3, -0.25) is 0 Å². The number of halogens is 1. The molecule has 2 rings (SSSR count). The summed E-state index contributed by atoms with van der Waals surface area (Å²) in [5.41, 5.74) is 4.27. The SMILES string of the molecule is Cc1ccc2c(c1)[C@@H](C)CN2I. The van der Waals surface area contributed by atoms with E-state index in [2.05, 4.69) is 58.0 Å². The molecule has 64 valence electrons. The predicted octanol–water partition coefficient (Wildman–Crippen LogP) is 3.27. The van der Waals surface area contributed by atoms with E-state index in [4.69, 9.17) is 0 Å². The van der Waals surface area contributed by atoms with Crippen molar-refractivity contribution in [3.8, 4) is 0 Å². The fourth-order valence-electron chi connectivity index (χ4n) is 1.73. The Balaban J connectivity index is 2.53. The van der Waals surface area contributed by atoms with Crippen molar-refractivity contribution in [3.63, 3.8) is 0 Å². The van der Waals surface area contributed by atoms with Crippen LogP contribution in [0.2, 0.25) is 0 Å². The van der Waals surface area contributed by atoms with Crippen molar-refractivity contribution >= 4 is 28.6 Å². The average molecular weight is 273 g/mol. The number of aryl methyl sites for hydroxylation is 1. The predicted molar refractivity (Wildman–Crippen MR) is 61.0 cm³/mol. The molecule has 0 saturated carbocycles. The van der Waals surface area contributed by atoms with Gasteiger partial charge in [-0.05, 0) is 18.6 Å². The molecule has 0 saturated heterocycles. The number of hydrogen-bond donors (Lipinski definition) is 0. The summed E-state index contributed by atoms with van der Waals surface area (Å²) < 4.78 is 2.30. The van der Waals surface area contributed by atoms with Crippen molar-refractivity contribution < 1.29 is 0 Å². The highest BCUT2D eigenvalue weighted by Crippen LogP contribution is 2.38. The summed E-state index contributed by atoms with van der Waals surface area (Å²) in [7, 11) is 0. The summed E-state index contributed by atoms with van der Waals surface area (Å²) in [6, 6.07) is 6.71. The molecule has 0 aliphatic carbocycles. The molecule has 0 N–H and O–H groups in total. The highest BCUT2D eigenvalue weighted by molar-refractivity contribution is 14.1. The molecule has 0 unspecified atom stereocenters. The zero-order chi connectivity index (χ0) is 8.72. The first-order chi connectivity index (χ1) is 5.68. The van der Waals surface area contributed by atoms with E-state index in [0.717, 1.165) is 6.54 Å². The summed E-state index contributed by atoms with van der Waals surface area (Å²) in [4.78, 5) is 0. The van der Waals surface area contributed by atoms with Crippen LogP contribution in [0.5, 0.6) is 0 Å². The first kappa shape index (κ1) is 8.35. The highest BCUT2D eigenvalue weighted by Gasteiger charge is 2.23. The summed E-state index contributed by atoms with van der Waals surface area (Å²) >= 11 is 2.38. The molecule has 1 aromatic carbocycles. The molecule has 0 amide bonds. The Morgan fingerprint density at radius 3 is 3.00 bits per heavy atom. The van der Waals surface area contributed by atoms with Crippen LogP contribution in [0.4, 0.5) is 5.69 Å². The lowest BCUT2D eigenvalue weighted by Gasteiger charge is -2.08. The number of nitrogens with zero attached hydrogens (tertiary/aromatic N) is 1. The number of anilines is 1. The van der Waals surface area contributed by atoms with Gasteiger partial charge in [0.25, 0.3) is 0 Å². The third kappa shape index (κ3) is 1.22. The third-order valence-corrected chi connectivity index (χ3v) is 3.32. The van der Waals surface area contributed by atoms with E-state index in [0.29, 0.717) is 5.92 Å². The summed E-state index contributed by atoms with van der Waals surface area (Å²) in [6.07, 6.45) is 0. The van der Waals surface area contributed by atoms with Crippen LogP contribution in [-0.4, -0.2) is 6.54 Å². The molecule has 1 aliphatic heterocycles. The average Bonchev–Trinajstić information content (AvgIpc) is 2.28. The van der Waals surface area contributed by atoms with Gasteiger partial charge in [-0.15, -0.1) is 0 Å². The molecule has 0 aromatic heterocycles. The minimum absolute atomic E-state index is 0.691. The number of benzene rings is 1. The molecule has 1 aliphatic rings. The lowest BCUT2D eigenvalue weighted by Crippen LogP contribution is -2.05. The van der Waals surface area contributed by atoms with Gasteiger partial charge in [-0.2, -0.15) is 0 Å². The Morgan fingerprint density at radius 2 is 2.25 bits per heavy atom. The van der Waals surface area contributed by atoms with Crippen LogP contribution in [0.1, 0.15) is 24.0 Å². The molecule has 0 fully saturated rings. The maximum atomic E-state index is 2.38. The van der Waals surface area contributed by atoms with Gasteiger partial charge in [-0.25, -0.2) is 0 Å². The molecule has 2 heteroatoms. The van der Waals surface area contributed by atoms with E-state index < -0.39 is 0 Å². The summed E-state index contributed by atoms with van der Waals surface area (Å²) in [6.45, 7) is 5.60. The summed E-state index contributed by atoms with van der Waals surface area (Å²) in [5.74, 6) is 0.691. The van der Waals surface area contributed by atoms with Crippen molar-refractivity contribution in [1.82, 2.24) is 0 Å². The molecule has 1 heterocycles. The number of hydrogen-bond acceptors (Lipinski definition) is 1. The van der Waals surface area contributed by atoms with E-state index in [9.17, 15) is 0 Å². The minimum atomic E-state index is 0.691. The Morgan fingerprint density at radius 1 is 1.50 bits per heavy atom. The maximum absolute atomic E-state index is 2.38. The zero-order valence-corrected chi connectivity index (χ0v) is 9.50. The topological polar surface area (TPSA) is 3.24 Å². The van der Waals surface area contributed by atoms with Gasteiger partial charge >= 0.3 is 0 Å². The third-order valence-electron chi connectivity index (χ3n) is 2.41. The van der Waals surface area contributed by atoms with Gasteiger partial charge in [0.2, 0.25) is 0 Å². The van der Waals surface area contributed by atoms with Crippen LogP contribution in [0.3, 0.4) is 0 Å². The van der Waals surface area contributed by atoms with Crippen molar-refractivity contribution in [3.05, 3.63) is 29.3 Å². The fourth-order valence-corrected chi connectivity index (χ4v) is 2.76. The first-order valence-electron chi connectivity index (χ1n) is 4.22. The van der Waals surface area contributed by atoms with Gasteiger partial charge in [0.1, 0.15) is 0 Å². The first-order valence-corrected chi connectivity index (χ1v) is 5.19. The molecular formula is C10H12IN. The van der Waals surface area contributed by atoms with E-state index in [1.165, 1.54) is 16.8 Å². The van der Waals surface area contributed by atoms with Gasteiger partial charge in [-0.1, -0.05) is 24.6 Å². The van der Waals surface area contributed by atoms with Gasteiger partial charge < -0.3 is 3.11 Å². The van der Waals surface area contributed by atoms with Crippen LogP contribution in [0.15, 0.2) is 18.2 Å². The molecule has 0 radical (unpaired) electrons. The maximum Gasteiger partial charge on any atom is 0.0591 e. The van der Waals surface area contributed by atoms with Gasteiger partial charge in [0, 0.05) is 18.2 Å². The van der Waals surface area contributed by atoms with Crippen LogP contribution in [0, 0.1) is 6.92 Å². The Kier molecular flexibility index (Phi) is 2.02. The smallest absolute Gasteiger partial charge is 0.0591 e. The Bertz CT molecular complexity index is 309. The second kappa shape index (κ2) is 2.91. The molecule has 1 nitrogen and oxygen atoms in total. The largest absolute Gasteiger partial charge is 0.314 e.